The Morgan fingerprint density at radius 3 is 0.660 bits per heavy atom. The van der Waals surface area contributed by atoms with E-state index in [1.165, 1.54) is 16.7 Å². The first-order valence-electron chi connectivity index (χ1n) is 17.5. The van der Waals surface area contributed by atoms with Crippen LogP contribution in [0.4, 0.5) is 0 Å². The monoisotopic (exact) mass is 1080 g/mol. The number of hydrogen-bond acceptors (Lipinski definition) is 4. The van der Waals surface area contributed by atoms with E-state index in [2.05, 4.69) is 179 Å². The molecule has 0 aliphatic rings. The third kappa shape index (κ3) is 20.6. The summed E-state index contributed by atoms with van der Waals surface area (Å²) in [6, 6.07) is 21.2. The fourth-order valence-corrected chi connectivity index (χ4v) is 12.3. The van der Waals surface area contributed by atoms with Crippen molar-refractivity contribution in [3.05, 3.63) is 88.0 Å². The van der Waals surface area contributed by atoms with Gasteiger partial charge in [0.15, 0.2) is 0 Å². The Balaban J connectivity index is 0.000000674. The van der Waals surface area contributed by atoms with E-state index in [4.69, 9.17) is 19.2 Å². The van der Waals surface area contributed by atoms with Crippen molar-refractivity contribution in [1.29, 1.82) is 0 Å². The number of phosphoric acid groups is 1. The molecule has 3 aromatic carbocycles. The van der Waals surface area contributed by atoms with Crippen molar-refractivity contribution in [2.75, 3.05) is 0 Å². The second-order valence-electron chi connectivity index (χ2n) is 19.6. The first-order valence-corrected chi connectivity index (χ1v) is 25.6. The van der Waals surface area contributed by atoms with Gasteiger partial charge in [0.2, 0.25) is 0 Å². The zero-order valence-corrected chi connectivity index (χ0v) is 49.1. The molecule has 266 valence electrons. The average molecular weight is 1070 g/mol. The molecule has 0 spiro atoms. The van der Waals surface area contributed by atoms with Crippen LogP contribution in [-0.4, -0.2) is 140 Å². The maximum absolute atomic E-state index is 8.55. The van der Waals surface area contributed by atoms with E-state index in [1.807, 2.05) is 0 Å². The van der Waals surface area contributed by atoms with Crippen molar-refractivity contribution in [1.82, 2.24) is 0 Å². The maximum Gasteiger partial charge on any atom is -0.159 e. The van der Waals surface area contributed by atoms with Crippen LogP contribution in [0.25, 0.3) is 0 Å². The predicted molar refractivity (Wildman–Crippen MR) is 215 cm³/mol. The summed E-state index contributed by atoms with van der Waals surface area (Å²) >= 11 is 2.15. The van der Waals surface area contributed by atoms with Gasteiger partial charge < -0.3 is 19.2 Å². The van der Waals surface area contributed by atoms with Crippen LogP contribution < -0.4 is 14.8 Å². The Labute approximate surface area is 404 Å². The zero-order valence-electron chi connectivity index (χ0n) is 34.9. The average Bonchev–Trinajstić information content (AvgIpc) is 2.85. The largest absolute Gasteiger partial charge is 0.822 e. The molecule has 0 radical (unpaired) electrons. The van der Waals surface area contributed by atoms with E-state index < -0.39 is 7.82 Å². The predicted octanol–water partition coefficient (Wildman–Crippen LogP) is 6.40. The number of hydrogen-bond donors (Lipinski definition) is 0. The van der Waals surface area contributed by atoms with Gasteiger partial charge in [-0.15, -0.1) is 0 Å². The van der Waals surface area contributed by atoms with Gasteiger partial charge in [0.05, 0.1) is 0 Å². The summed E-state index contributed by atoms with van der Waals surface area (Å²) < 4.78 is 13.3. The second-order valence-corrected chi connectivity index (χ2v) is 27.6. The molecule has 50 heavy (non-hydrogen) atoms. The minimum absolute atomic E-state index is 0.265. The molecule has 0 aliphatic heterocycles. The van der Waals surface area contributed by atoms with Gasteiger partial charge in [-0.25, -0.2) is 0 Å². The molecular formula is C42H63Ba3O4P. The molecule has 0 saturated heterocycles. The van der Waals surface area contributed by atoms with E-state index in [0.29, 0.717) is 156 Å². The van der Waals surface area contributed by atoms with Crippen molar-refractivity contribution in [2.24, 2.45) is 0 Å². The molecule has 3 aromatic rings. The molecular weight excluding hydrogens is 1010 g/mol. The van der Waals surface area contributed by atoms with Crippen LogP contribution in [0.1, 0.15) is 158 Å². The Morgan fingerprint density at radius 1 is 0.380 bits per heavy atom. The summed E-state index contributed by atoms with van der Waals surface area (Å²) in [5, 5.41) is 0. The van der Waals surface area contributed by atoms with Gasteiger partial charge in [0, 0.05) is 0 Å². The van der Waals surface area contributed by atoms with Gasteiger partial charge in [-0.3, -0.25) is 0 Å². The Kier molecular flexibility index (Phi) is 21.3. The normalized spacial score (nSPS) is 12.9. The number of benzene rings is 3. The summed E-state index contributed by atoms with van der Waals surface area (Å²) in [4.78, 5) is 25.6. The fraction of sp³-hybridized carbons (Fsp3) is 0.571. The van der Waals surface area contributed by atoms with Crippen molar-refractivity contribution >= 4 is 148 Å². The first-order chi connectivity index (χ1) is 21.9. The number of rotatable bonds is 0. The van der Waals surface area contributed by atoms with Gasteiger partial charge in [-0.2, -0.15) is 7.82 Å². The summed E-state index contributed by atoms with van der Waals surface area (Å²) in [5.74, 6) is 0. The Hall–Kier alpha value is 2.48. The maximum atomic E-state index is 8.55. The molecule has 4 nitrogen and oxygen atoms in total. The molecule has 0 aromatic heterocycles. The van der Waals surface area contributed by atoms with Gasteiger partial charge in [0.25, 0.3) is 0 Å². The summed E-state index contributed by atoms with van der Waals surface area (Å²) in [5.41, 5.74) is 10.7. The third-order valence-electron chi connectivity index (χ3n) is 8.35. The van der Waals surface area contributed by atoms with E-state index >= 15 is 0 Å². The van der Waals surface area contributed by atoms with Crippen LogP contribution >= 0.6 is 7.82 Å². The molecule has 0 unspecified atom stereocenters. The summed E-state index contributed by atoms with van der Waals surface area (Å²) in [6.45, 7) is 41.4. The van der Waals surface area contributed by atoms with Gasteiger partial charge in [0.1, 0.15) is 0 Å². The zero-order chi connectivity index (χ0) is 40.1. The molecule has 0 fully saturated rings. The quantitative estimate of drug-likeness (QED) is 0.193. The molecule has 0 N–H and O–H groups in total. The van der Waals surface area contributed by atoms with E-state index in [1.54, 1.807) is 16.8 Å². The van der Waals surface area contributed by atoms with Gasteiger partial charge in [-0.05, 0) is 0 Å². The van der Waals surface area contributed by atoms with Crippen LogP contribution in [-0.2, 0) is 37.1 Å². The third-order valence-corrected chi connectivity index (χ3v) is 14.2. The first kappa shape index (κ1) is 52.5. The molecule has 0 amide bonds. The fourth-order valence-electron chi connectivity index (χ4n) is 5.22. The standard InChI is InChI=1S/3C14H21.3Ba.H3O4P/c3*1-13(2,3)11-8-7-9-12(10-11)14(4,5)6;;;;1-5(2,3)4/h3*7-8,10H,1-6H3;;;;(H3,1,2,3,4)/q;;;3*+1;/p-3. The molecule has 8 heteroatoms. The van der Waals surface area contributed by atoms with Gasteiger partial charge >= 0.3 is 385 Å². The SMILES string of the molecule is CC(C)(C)c1cc[c]([Ba+])c(C(C)(C)C)c1.CC(C)(C)c1cc[c]([Ba+])c(C(C)(C)C)c1.CC(C)(C)c1cc[c]([Ba+])c(C(C)(C)C)c1.O=P([O-])([O-])[O-]. The van der Waals surface area contributed by atoms with Crippen LogP contribution in [0.5, 0.6) is 0 Å². The van der Waals surface area contributed by atoms with Crippen molar-refractivity contribution < 1.29 is 19.2 Å². The minimum Gasteiger partial charge on any atom is -0.822 e. The van der Waals surface area contributed by atoms with Crippen molar-refractivity contribution in [2.45, 2.75) is 157 Å². The summed E-state index contributed by atoms with van der Waals surface area (Å²) in [6.07, 6.45) is 0. The van der Waals surface area contributed by atoms with E-state index in [0.717, 1.165) is 0 Å². The van der Waals surface area contributed by atoms with Crippen LogP contribution in [0.2, 0.25) is 0 Å². The Bertz CT molecular complexity index is 1400. The van der Waals surface area contributed by atoms with Crippen molar-refractivity contribution in [3.63, 3.8) is 0 Å². The molecule has 3 rings (SSSR count). The molecule has 0 bridgehead atoms. The molecule has 0 atom stereocenters. The van der Waals surface area contributed by atoms with Crippen molar-refractivity contribution in [3.8, 4) is 0 Å². The molecule has 0 saturated carbocycles. The Morgan fingerprint density at radius 2 is 0.540 bits per heavy atom. The van der Waals surface area contributed by atoms with E-state index in [9.17, 15) is 0 Å². The molecule has 0 heterocycles. The molecule has 0 aliphatic carbocycles. The van der Waals surface area contributed by atoms with Crippen LogP contribution in [0, 0.1) is 0 Å². The topological polar surface area (TPSA) is 86.2 Å². The van der Waals surface area contributed by atoms with Crippen LogP contribution in [0.3, 0.4) is 0 Å². The van der Waals surface area contributed by atoms with E-state index in [-0.39, 0.29) is 16.2 Å². The summed E-state index contributed by atoms with van der Waals surface area (Å²) in [7, 11) is -5.39. The second kappa shape index (κ2) is 20.3. The van der Waals surface area contributed by atoms with Crippen LogP contribution in [0.15, 0.2) is 54.6 Å². The smallest absolute Gasteiger partial charge is 0.159 e. The van der Waals surface area contributed by atoms with Gasteiger partial charge in [-0.1, -0.05) is 0 Å². The minimum atomic E-state index is -5.39.